The summed E-state index contributed by atoms with van der Waals surface area (Å²) >= 11 is 0. The van der Waals surface area contributed by atoms with Gasteiger partial charge in [0.2, 0.25) is 0 Å². The summed E-state index contributed by atoms with van der Waals surface area (Å²) in [6.07, 6.45) is 1.56. The standard InChI is InChI=1S/C9H13NO.C8H10N2.C3H6O2.C2H6/c1-7(10)8-3-5-9(11-2)6-4-8;1-10-8-5-3-2-4-7(8)6-9;1-2-3(4)5;1-2/h3-7H,10H2,1-2H3;2-6,9-10H,1H3;2H2,1H3,(H,4,5);1-2H3/t7-;;;/m1.../s1. The summed E-state index contributed by atoms with van der Waals surface area (Å²) in [5, 5.41) is 17.7. The molecule has 0 saturated heterocycles. The van der Waals surface area contributed by atoms with Crippen LogP contribution < -0.4 is 15.8 Å². The SMILES string of the molecule is CC.CCC(=O)O.CNc1ccccc1C=N.COc1ccc([C@@H](C)N)cc1. The van der Waals surface area contributed by atoms with Crippen LogP contribution in [0.15, 0.2) is 48.5 Å². The van der Waals surface area contributed by atoms with Crippen molar-refractivity contribution in [3.63, 3.8) is 0 Å². The molecule has 0 saturated carbocycles. The van der Waals surface area contributed by atoms with Crippen molar-refractivity contribution >= 4 is 17.9 Å². The number of para-hydroxylation sites is 1. The van der Waals surface area contributed by atoms with Crippen LogP contribution in [-0.4, -0.2) is 31.4 Å². The molecule has 0 spiro atoms. The number of carboxylic acids is 1. The fraction of sp³-hybridized carbons (Fsp3) is 0.364. The summed E-state index contributed by atoms with van der Waals surface area (Å²) in [4.78, 5) is 9.37. The second-order valence-corrected chi connectivity index (χ2v) is 5.29. The van der Waals surface area contributed by atoms with Gasteiger partial charge in [-0.2, -0.15) is 0 Å². The lowest BCUT2D eigenvalue weighted by Gasteiger charge is -2.05. The van der Waals surface area contributed by atoms with Crippen molar-refractivity contribution in [2.75, 3.05) is 19.5 Å². The summed E-state index contributed by atoms with van der Waals surface area (Å²) in [6.45, 7) is 7.56. The molecule has 1 atom stereocenters. The molecule has 2 aromatic carbocycles. The molecular formula is C22H35N3O3. The number of anilines is 1. The van der Waals surface area contributed by atoms with E-state index in [-0.39, 0.29) is 12.5 Å². The maximum atomic E-state index is 9.37. The van der Waals surface area contributed by atoms with Crippen molar-refractivity contribution in [1.82, 2.24) is 0 Å². The normalized spacial score (nSPS) is 9.68. The van der Waals surface area contributed by atoms with Crippen molar-refractivity contribution in [1.29, 1.82) is 5.41 Å². The summed E-state index contributed by atoms with van der Waals surface area (Å²) in [5.41, 5.74) is 8.71. The third kappa shape index (κ3) is 12.5. The molecule has 0 aliphatic heterocycles. The molecule has 6 heteroatoms. The Bertz CT molecular complexity index is 656. The minimum Gasteiger partial charge on any atom is -0.497 e. The zero-order valence-corrected chi connectivity index (χ0v) is 17.8. The van der Waals surface area contributed by atoms with Gasteiger partial charge in [-0.15, -0.1) is 0 Å². The van der Waals surface area contributed by atoms with Crippen molar-refractivity contribution in [2.24, 2.45) is 5.73 Å². The van der Waals surface area contributed by atoms with E-state index in [0.29, 0.717) is 0 Å². The fourth-order valence-electron chi connectivity index (χ4n) is 1.76. The molecule has 0 aliphatic rings. The number of nitrogens with two attached hydrogens (primary N) is 1. The van der Waals surface area contributed by atoms with Gasteiger partial charge in [0.15, 0.2) is 0 Å². The zero-order chi connectivity index (χ0) is 21.9. The lowest BCUT2D eigenvalue weighted by atomic mass is 10.1. The van der Waals surface area contributed by atoms with Crippen molar-refractivity contribution in [2.45, 2.75) is 40.2 Å². The van der Waals surface area contributed by atoms with Gasteiger partial charge in [0.25, 0.3) is 0 Å². The lowest BCUT2D eigenvalue weighted by Crippen LogP contribution is -2.04. The van der Waals surface area contributed by atoms with E-state index in [2.05, 4.69) is 5.32 Å². The van der Waals surface area contributed by atoms with E-state index in [1.54, 1.807) is 14.0 Å². The van der Waals surface area contributed by atoms with Gasteiger partial charge >= 0.3 is 5.97 Å². The van der Waals surface area contributed by atoms with Crippen LogP contribution in [0.1, 0.15) is 51.3 Å². The zero-order valence-electron chi connectivity index (χ0n) is 17.8. The molecule has 0 amide bonds. The van der Waals surface area contributed by atoms with Crippen LogP contribution in [0.2, 0.25) is 0 Å². The molecule has 0 bridgehead atoms. The van der Waals surface area contributed by atoms with E-state index < -0.39 is 5.97 Å². The third-order valence-corrected chi connectivity index (χ3v) is 3.33. The van der Waals surface area contributed by atoms with Crippen LogP contribution in [0.25, 0.3) is 0 Å². The van der Waals surface area contributed by atoms with E-state index in [1.807, 2.05) is 76.3 Å². The summed E-state index contributed by atoms with van der Waals surface area (Å²) < 4.78 is 5.01. The second kappa shape index (κ2) is 17.5. The van der Waals surface area contributed by atoms with E-state index in [1.165, 1.54) is 6.21 Å². The molecule has 156 valence electrons. The molecule has 6 nitrogen and oxygen atoms in total. The lowest BCUT2D eigenvalue weighted by molar-refractivity contribution is -0.136. The van der Waals surface area contributed by atoms with Crippen LogP contribution in [0, 0.1) is 5.41 Å². The highest BCUT2D eigenvalue weighted by atomic mass is 16.5. The quantitative estimate of drug-likeness (QED) is 0.541. The van der Waals surface area contributed by atoms with Crippen LogP contribution in [-0.2, 0) is 4.79 Å². The molecule has 5 N–H and O–H groups in total. The predicted octanol–water partition coefficient (Wildman–Crippen LogP) is 4.95. The number of ether oxygens (including phenoxy) is 1. The minimum absolute atomic E-state index is 0.0981. The third-order valence-electron chi connectivity index (χ3n) is 3.33. The molecule has 0 aliphatic carbocycles. The number of benzene rings is 2. The first kappa shape index (κ1) is 27.4. The molecule has 0 aromatic heterocycles. The fourth-order valence-corrected chi connectivity index (χ4v) is 1.76. The number of rotatable bonds is 5. The number of aliphatic carboxylic acids is 1. The van der Waals surface area contributed by atoms with Crippen LogP contribution in [0.4, 0.5) is 5.69 Å². The number of nitrogens with one attached hydrogen (secondary N) is 2. The molecule has 0 heterocycles. The minimum atomic E-state index is -0.745. The first-order valence-electron chi connectivity index (χ1n) is 9.28. The Morgan fingerprint density at radius 3 is 2.04 bits per heavy atom. The maximum Gasteiger partial charge on any atom is 0.303 e. The van der Waals surface area contributed by atoms with Gasteiger partial charge in [0.1, 0.15) is 5.75 Å². The highest BCUT2D eigenvalue weighted by Gasteiger charge is 1.97. The average Bonchev–Trinajstić information content (AvgIpc) is 2.75. The predicted molar refractivity (Wildman–Crippen MR) is 119 cm³/mol. The van der Waals surface area contributed by atoms with Crippen LogP contribution in [0.5, 0.6) is 5.75 Å². The van der Waals surface area contributed by atoms with Gasteiger partial charge in [-0.3, -0.25) is 4.79 Å². The van der Waals surface area contributed by atoms with Gasteiger partial charge in [-0.25, -0.2) is 0 Å². The monoisotopic (exact) mass is 389 g/mol. The largest absolute Gasteiger partial charge is 0.497 e. The first-order valence-corrected chi connectivity index (χ1v) is 9.28. The first-order chi connectivity index (χ1) is 13.4. The molecule has 2 aromatic rings. The van der Waals surface area contributed by atoms with E-state index in [9.17, 15) is 4.79 Å². The Labute approximate surface area is 169 Å². The van der Waals surface area contributed by atoms with Gasteiger partial charge in [-0.1, -0.05) is 51.1 Å². The summed E-state index contributed by atoms with van der Waals surface area (Å²) in [6, 6.07) is 15.6. The summed E-state index contributed by atoms with van der Waals surface area (Å²) in [7, 11) is 3.50. The van der Waals surface area contributed by atoms with Gasteiger partial charge in [0.05, 0.1) is 7.11 Å². The molecule has 0 fully saturated rings. The van der Waals surface area contributed by atoms with Gasteiger partial charge < -0.3 is 26.3 Å². The van der Waals surface area contributed by atoms with Crippen molar-refractivity contribution in [3.8, 4) is 5.75 Å². The molecule has 0 radical (unpaired) electrons. The Hall–Kier alpha value is -2.86. The molecular weight excluding hydrogens is 354 g/mol. The topological polar surface area (TPSA) is 108 Å². The highest BCUT2D eigenvalue weighted by molar-refractivity contribution is 5.85. The molecule has 2 rings (SSSR count). The van der Waals surface area contributed by atoms with Gasteiger partial charge in [-0.05, 0) is 30.7 Å². The Kier molecular flexibility index (Phi) is 17.1. The number of carbonyl (C=O) groups is 1. The Morgan fingerprint density at radius 2 is 1.71 bits per heavy atom. The van der Waals surface area contributed by atoms with E-state index in [4.69, 9.17) is 21.0 Å². The number of methoxy groups -OCH3 is 1. The number of hydrogen-bond donors (Lipinski definition) is 4. The Balaban J connectivity index is 0. The Morgan fingerprint density at radius 1 is 1.21 bits per heavy atom. The number of hydrogen-bond acceptors (Lipinski definition) is 5. The van der Waals surface area contributed by atoms with Crippen molar-refractivity contribution < 1.29 is 14.6 Å². The number of carboxylic acid groups (broad SMARTS) is 1. The summed E-state index contributed by atoms with van der Waals surface area (Å²) in [5.74, 6) is 0.124. The second-order valence-electron chi connectivity index (χ2n) is 5.29. The molecule has 0 unspecified atom stereocenters. The smallest absolute Gasteiger partial charge is 0.303 e. The van der Waals surface area contributed by atoms with Crippen LogP contribution >= 0.6 is 0 Å². The van der Waals surface area contributed by atoms with Crippen molar-refractivity contribution in [3.05, 3.63) is 59.7 Å². The molecule has 28 heavy (non-hydrogen) atoms. The van der Waals surface area contributed by atoms with Crippen LogP contribution in [0.3, 0.4) is 0 Å². The van der Waals surface area contributed by atoms with Gasteiger partial charge in [0, 0.05) is 37.0 Å². The van der Waals surface area contributed by atoms with E-state index in [0.717, 1.165) is 22.6 Å². The average molecular weight is 390 g/mol. The maximum absolute atomic E-state index is 9.37. The van der Waals surface area contributed by atoms with E-state index >= 15 is 0 Å². The highest BCUT2D eigenvalue weighted by Crippen LogP contribution is 2.15.